The summed E-state index contributed by atoms with van der Waals surface area (Å²) in [5.74, 6) is -2.00. The molecule has 1 aromatic heterocycles. The third-order valence-electron chi connectivity index (χ3n) is 4.72. The molecule has 0 N–H and O–H groups in total. The van der Waals surface area contributed by atoms with E-state index in [0.29, 0.717) is 34.4 Å². The highest BCUT2D eigenvalue weighted by atomic mass is 19.1. The lowest BCUT2D eigenvalue weighted by atomic mass is 9.98. The molecule has 1 aliphatic heterocycles. The van der Waals surface area contributed by atoms with E-state index in [4.69, 9.17) is 0 Å². The first-order valence-corrected chi connectivity index (χ1v) is 8.88. The summed E-state index contributed by atoms with van der Waals surface area (Å²) < 4.78 is 28.9. The second kappa shape index (κ2) is 7.38. The molecule has 2 aromatic carbocycles. The van der Waals surface area contributed by atoms with Gasteiger partial charge in [0.15, 0.2) is 11.6 Å². The highest BCUT2D eigenvalue weighted by molar-refractivity contribution is 5.94. The molecule has 29 heavy (non-hydrogen) atoms. The zero-order chi connectivity index (χ0) is 20.5. The van der Waals surface area contributed by atoms with Gasteiger partial charge in [-0.15, -0.1) is 4.68 Å². The molecule has 0 fully saturated rings. The lowest BCUT2D eigenvalue weighted by molar-refractivity contribution is -0.107. The van der Waals surface area contributed by atoms with Crippen molar-refractivity contribution in [1.29, 1.82) is 0 Å². The summed E-state index contributed by atoms with van der Waals surface area (Å²) in [6, 6.07) is 7.61. The first-order chi connectivity index (χ1) is 14.0. The first kappa shape index (κ1) is 18.7. The maximum Gasteiger partial charge on any atom is 0.377 e. The van der Waals surface area contributed by atoms with E-state index in [0.717, 1.165) is 35.6 Å². The SMILES string of the molecule is O=CCc1ccc2c(c1)CCCN2C(=O)n1nnn(-c2c(F)cccc2F)c1=O. The molecule has 1 aliphatic rings. The predicted molar refractivity (Wildman–Crippen MR) is 98.2 cm³/mol. The van der Waals surface area contributed by atoms with E-state index >= 15 is 0 Å². The van der Waals surface area contributed by atoms with Gasteiger partial charge in [0, 0.05) is 18.7 Å². The van der Waals surface area contributed by atoms with Crippen LogP contribution in [-0.2, 0) is 17.6 Å². The minimum absolute atomic E-state index is 0.267. The Kier molecular flexibility index (Phi) is 4.75. The summed E-state index contributed by atoms with van der Waals surface area (Å²) in [5.41, 5.74) is 0.503. The average molecular weight is 399 g/mol. The molecule has 0 bridgehead atoms. The second-order valence-electron chi connectivity index (χ2n) is 6.53. The first-order valence-electron chi connectivity index (χ1n) is 8.88. The van der Waals surface area contributed by atoms with Gasteiger partial charge in [-0.3, -0.25) is 4.90 Å². The fourth-order valence-electron chi connectivity index (χ4n) is 3.38. The topological polar surface area (TPSA) is 90.1 Å². The number of carbonyl (C=O) groups is 2. The van der Waals surface area contributed by atoms with Crippen LogP contribution in [0.15, 0.2) is 41.2 Å². The number of benzene rings is 2. The molecule has 8 nitrogen and oxygen atoms in total. The van der Waals surface area contributed by atoms with Crippen molar-refractivity contribution in [1.82, 2.24) is 19.8 Å². The van der Waals surface area contributed by atoms with Gasteiger partial charge in [0.05, 0.1) is 0 Å². The number of aldehydes is 1. The van der Waals surface area contributed by atoms with E-state index < -0.39 is 29.0 Å². The minimum Gasteiger partial charge on any atom is -0.303 e. The highest BCUT2D eigenvalue weighted by Crippen LogP contribution is 2.28. The van der Waals surface area contributed by atoms with E-state index in [9.17, 15) is 23.2 Å². The van der Waals surface area contributed by atoms with Crippen molar-refractivity contribution in [2.75, 3.05) is 11.4 Å². The number of carbonyl (C=O) groups excluding carboxylic acids is 2. The molecule has 0 atom stereocenters. The summed E-state index contributed by atoms with van der Waals surface area (Å²) in [4.78, 5) is 37.6. The number of aryl methyl sites for hydroxylation is 1. The van der Waals surface area contributed by atoms with Crippen LogP contribution in [-0.4, -0.2) is 38.7 Å². The van der Waals surface area contributed by atoms with E-state index in [1.54, 1.807) is 12.1 Å². The van der Waals surface area contributed by atoms with Crippen molar-refractivity contribution in [2.45, 2.75) is 19.3 Å². The Bertz CT molecular complexity index is 1150. The van der Waals surface area contributed by atoms with Crippen LogP contribution < -0.4 is 10.6 Å². The maximum atomic E-state index is 14.0. The van der Waals surface area contributed by atoms with Crippen molar-refractivity contribution < 1.29 is 18.4 Å². The van der Waals surface area contributed by atoms with Crippen LogP contribution in [0.4, 0.5) is 19.3 Å². The number of halogens is 2. The third-order valence-corrected chi connectivity index (χ3v) is 4.72. The van der Waals surface area contributed by atoms with Crippen LogP contribution in [0.2, 0.25) is 0 Å². The van der Waals surface area contributed by atoms with Gasteiger partial charge in [0.1, 0.15) is 12.0 Å². The summed E-state index contributed by atoms with van der Waals surface area (Å²) in [6.07, 6.45) is 2.43. The van der Waals surface area contributed by atoms with Crippen LogP contribution in [0.3, 0.4) is 0 Å². The number of anilines is 1. The molecule has 2 heterocycles. The Labute approximate surface area is 162 Å². The number of hydrogen-bond donors (Lipinski definition) is 0. The Morgan fingerprint density at radius 1 is 1.14 bits per heavy atom. The minimum atomic E-state index is -1.08. The van der Waals surface area contributed by atoms with Crippen molar-refractivity contribution in [2.24, 2.45) is 0 Å². The zero-order valence-electron chi connectivity index (χ0n) is 15.1. The molecule has 0 radical (unpaired) electrons. The molecule has 1 amide bonds. The number of tetrazole rings is 1. The molecule has 148 valence electrons. The summed E-state index contributed by atoms with van der Waals surface area (Å²) >= 11 is 0. The molecule has 10 heteroatoms. The normalized spacial score (nSPS) is 13.2. The second-order valence-corrected chi connectivity index (χ2v) is 6.53. The van der Waals surface area contributed by atoms with E-state index in [1.807, 2.05) is 6.07 Å². The van der Waals surface area contributed by atoms with Crippen LogP contribution in [0.25, 0.3) is 5.69 Å². The number of aromatic nitrogens is 4. The predicted octanol–water partition coefficient (Wildman–Crippen LogP) is 1.87. The molecule has 0 spiro atoms. The fourth-order valence-corrected chi connectivity index (χ4v) is 3.38. The standard InChI is InChI=1S/C19H15F2N5O3/c20-14-4-1-5-15(21)17(14)25-19(29)26(23-22-25)18(28)24-9-2-3-13-11-12(8-10-27)6-7-16(13)24/h1,4-7,10-11H,2-3,8-9H2. The van der Waals surface area contributed by atoms with Gasteiger partial charge in [0.2, 0.25) is 0 Å². The van der Waals surface area contributed by atoms with Gasteiger partial charge in [0.25, 0.3) is 0 Å². The number of rotatable bonds is 3. The van der Waals surface area contributed by atoms with Gasteiger partial charge < -0.3 is 4.79 Å². The van der Waals surface area contributed by atoms with E-state index in [2.05, 4.69) is 10.4 Å². The molecular weight excluding hydrogens is 384 g/mol. The van der Waals surface area contributed by atoms with Crippen LogP contribution in [0.1, 0.15) is 17.5 Å². The van der Waals surface area contributed by atoms with Crippen molar-refractivity contribution in [3.8, 4) is 5.69 Å². The van der Waals surface area contributed by atoms with Gasteiger partial charge in [-0.1, -0.05) is 18.2 Å². The largest absolute Gasteiger partial charge is 0.377 e. The molecule has 0 aliphatic carbocycles. The van der Waals surface area contributed by atoms with Crippen molar-refractivity contribution in [3.63, 3.8) is 0 Å². The lowest BCUT2D eigenvalue weighted by Crippen LogP contribution is -2.43. The molecule has 0 unspecified atom stereocenters. The van der Waals surface area contributed by atoms with Crippen LogP contribution in [0.5, 0.6) is 0 Å². The van der Waals surface area contributed by atoms with E-state index in [1.165, 1.54) is 4.90 Å². The Morgan fingerprint density at radius 3 is 2.62 bits per heavy atom. The van der Waals surface area contributed by atoms with Gasteiger partial charge in [-0.05, 0) is 52.6 Å². The lowest BCUT2D eigenvalue weighted by Gasteiger charge is -2.28. The number of hydrogen-bond acceptors (Lipinski definition) is 5. The highest BCUT2D eigenvalue weighted by Gasteiger charge is 2.28. The number of fused-ring (bicyclic) bond motifs is 1. The monoisotopic (exact) mass is 399 g/mol. The fraction of sp³-hybridized carbons (Fsp3) is 0.211. The quantitative estimate of drug-likeness (QED) is 0.495. The number of para-hydroxylation sites is 1. The van der Waals surface area contributed by atoms with Gasteiger partial charge in [-0.2, -0.15) is 4.68 Å². The number of amides is 1. The summed E-state index contributed by atoms with van der Waals surface area (Å²) in [5, 5.41) is 6.98. The van der Waals surface area contributed by atoms with Crippen LogP contribution in [0, 0.1) is 11.6 Å². The zero-order valence-corrected chi connectivity index (χ0v) is 15.1. The molecule has 0 saturated carbocycles. The van der Waals surface area contributed by atoms with Crippen molar-refractivity contribution in [3.05, 3.63) is 69.6 Å². The molecule has 0 saturated heterocycles. The molecule has 3 aromatic rings. The molecule has 4 rings (SSSR count). The van der Waals surface area contributed by atoms with Crippen molar-refractivity contribution >= 4 is 18.0 Å². The Balaban J connectivity index is 1.72. The third kappa shape index (κ3) is 3.22. The average Bonchev–Trinajstić information content (AvgIpc) is 3.08. The van der Waals surface area contributed by atoms with Gasteiger partial charge in [-0.25, -0.2) is 18.4 Å². The summed E-state index contributed by atoms with van der Waals surface area (Å²) in [7, 11) is 0. The van der Waals surface area contributed by atoms with Crippen LogP contribution >= 0.6 is 0 Å². The Hall–Kier alpha value is -3.69. The summed E-state index contributed by atoms with van der Waals surface area (Å²) in [6.45, 7) is 0.340. The maximum absolute atomic E-state index is 14.0. The molecular formula is C19H15F2N5O3. The Morgan fingerprint density at radius 2 is 1.90 bits per heavy atom. The smallest absolute Gasteiger partial charge is 0.303 e. The van der Waals surface area contributed by atoms with E-state index in [-0.39, 0.29) is 6.42 Å². The number of nitrogens with zero attached hydrogens (tertiary/aromatic N) is 5. The van der Waals surface area contributed by atoms with Gasteiger partial charge >= 0.3 is 11.7 Å².